The molecule has 0 saturated heterocycles. The number of aliphatic hydroxyl groups is 1. The van der Waals surface area contributed by atoms with Gasteiger partial charge in [0.05, 0.1) is 25.0 Å². The van der Waals surface area contributed by atoms with Gasteiger partial charge in [-0.05, 0) is 36.8 Å². The maximum Gasteiger partial charge on any atom is 0.255 e. The highest BCUT2D eigenvalue weighted by molar-refractivity contribution is 6.31. The number of amides is 1. The van der Waals surface area contributed by atoms with Gasteiger partial charge in [0.25, 0.3) is 5.91 Å². The van der Waals surface area contributed by atoms with Crippen LogP contribution >= 0.6 is 11.6 Å². The highest BCUT2D eigenvalue weighted by Crippen LogP contribution is 2.23. The molecule has 118 valence electrons. The van der Waals surface area contributed by atoms with Gasteiger partial charge in [-0.15, -0.1) is 0 Å². The van der Waals surface area contributed by atoms with E-state index in [4.69, 9.17) is 20.8 Å². The Hall–Kier alpha value is -1.98. The third kappa shape index (κ3) is 4.26. The summed E-state index contributed by atoms with van der Waals surface area (Å²) in [6.07, 6.45) is 1.40. The molecule has 0 bridgehead atoms. The van der Waals surface area contributed by atoms with Crippen molar-refractivity contribution in [3.05, 3.63) is 52.9 Å². The molecule has 1 amide bonds. The Kier molecular flexibility index (Phi) is 5.86. The molecule has 5 nitrogen and oxygen atoms in total. The summed E-state index contributed by atoms with van der Waals surface area (Å²) in [5.74, 6) is 0.504. The van der Waals surface area contributed by atoms with E-state index in [0.717, 1.165) is 6.42 Å². The molecule has 2 rings (SSSR count). The number of aliphatic hydroxyl groups excluding tert-OH is 1. The summed E-state index contributed by atoms with van der Waals surface area (Å²) < 4.78 is 10.6. The van der Waals surface area contributed by atoms with Crippen molar-refractivity contribution in [2.45, 2.75) is 19.4 Å². The van der Waals surface area contributed by atoms with Crippen LogP contribution < -0.4 is 10.1 Å². The highest BCUT2D eigenvalue weighted by atomic mass is 35.5. The fourth-order valence-corrected chi connectivity index (χ4v) is 2.06. The number of carbonyl (C=O) groups is 1. The number of rotatable bonds is 7. The van der Waals surface area contributed by atoms with Crippen molar-refractivity contribution in [2.75, 3.05) is 13.2 Å². The first-order valence-corrected chi connectivity index (χ1v) is 7.41. The van der Waals surface area contributed by atoms with Crippen LogP contribution in [0.5, 0.6) is 5.75 Å². The number of furan rings is 1. The Morgan fingerprint density at radius 2 is 2.27 bits per heavy atom. The van der Waals surface area contributed by atoms with Crippen LogP contribution in [0.2, 0.25) is 5.02 Å². The van der Waals surface area contributed by atoms with Crippen molar-refractivity contribution in [1.82, 2.24) is 5.32 Å². The second-order valence-corrected chi connectivity index (χ2v) is 5.17. The van der Waals surface area contributed by atoms with E-state index in [1.54, 1.807) is 30.3 Å². The summed E-state index contributed by atoms with van der Waals surface area (Å²) in [5, 5.41) is 13.0. The van der Waals surface area contributed by atoms with Gasteiger partial charge in [-0.1, -0.05) is 18.5 Å². The molecule has 2 N–H and O–H groups in total. The molecular formula is C16H18ClNO4. The monoisotopic (exact) mass is 323 g/mol. The number of halogens is 1. The Morgan fingerprint density at radius 1 is 1.45 bits per heavy atom. The van der Waals surface area contributed by atoms with E-state index in [1.807, 2.05) is 6.92 Å². The summed E-state index contributed by atoms with van der Waals surface area (Å²) in [4.78, 5) is 12.3. The Labute approximate surface area is 133 Å². The quantitative estimate of drug-likeness (QED) is 0.821. The van der Waals surface area contributed by atoms with E-state index in [1.165, 1.54) is 6.26 Å². The Bertz CT molecular complexity index is 613. The fourth-order valence-electron chi connectivity index (χ4n) is 1.88. The van der Waals surface area contributed by atoms with Gasteiger partial charge in [0.2, 0.25) is 0 Å². The van der Waals surface area contributed by atoms with Crippen molar-refractivity contribution < 1.29 is 19.1 Å². The van der Waals surface area contributed by atoms with Crippen LogP contribution in [0.15, 0.2) is 41.0 Å². The maximum absolute atomic E-state index is 12.3. The number of hydrogen-bond acceptors (Lipinski definition) is 4. The summed E-state index contributed by atoms with van der Waals surface area (Å²) >= 11 is 5.94. The van der Waals surface area contributed by atoms with Gasteiger partial charge in [-0.25, -0.2) is 0 Å². The molecular weight excluding hydrogens is 306 g/mol. The number of nitrogens with one attached hydrogen (secondary N) is 1. The molecule has 1 aromatic heterocycles. The first-order chi connectivity index (χ1) is 10.6. The minimum atomic E-state index is -0.904. The van der Waals surface area contributed by atoms with Crippen LogP contribution in [0.1, 0.15) is 35.6 Å². The highest BCUT2D eigenvalue weighted by Gasteiger charge is 2.16. The first-order valence-electron chi connectivity index (χ1n) is 7.03. The molecule has 1 heterocycles. The van der Waals surface area contributed by atoms with Gasteiger partial charge in [0.1, 0.15) is 17.6 Å². The molecule has 1 aromatic carbocycles. The lowest BCUT2D eigenvalue weighted by molar-refractivity contribution is 0.0897. The zero-order valence-corrected chi connectivity index (χ0v) is 13.0. The molecule has 6 heteroatoms. The van der Waals surface area contributed by atoms with E-state index in [2.05, 4.69) is 5.32 Å². The number of carbonyl (C=O) groups excluding carboxylic acids is 1. The van der Waals surface area contributed by atoms with Gasteiger partial charge < -0.3 is 19.6 Å². The Morgan fingerprint density at radius 3 is 2.95 bits per heavy atom. The molecule has 0 fully saturated rings. The number of ether oxygens (including phenoxy) is 1. The third-order valence-corrected chi connectivity index (χ3v) is 3.21. The largest absolute Gasteiger partial charge is 0.493 e. The predicted molar refractivity (Wildman–Crippen MR) is 83.2 cm³/mol. The Balaban J connectivity index is 2.03. The van der Waals surface area contributed by atoms with Crippen molar-refractivity contribution in [2.24, 2.45) is 0 Å². The number of hydrogen-bond donors (Lipinski definition) is 2. The molecule has 1 unspecified atom stereocenters. The van der Waals surface area contributed by atoms with Gasteiger partial charge in [0.15, 0.2) is 0 Å². The van der Waals surface area contributed by atoms with E-state index < -0.39 is 6.10 Å². The van der Waals surface area contributed by atoms with E-state index in [9.17, 15) is 9.90 Å². The molecule has 2 aromatic rings. The average molecular weight is 324 g/mol. The fraction of sp³-hybridized carbons (Fsp3) is 0.312. The molecule has 0 aliphatic heterocycles. The van der Waals surface area contributed by atoms with Crippen LogP contribution in [-0.4, -0.2) is 24.2 Å². The maximum atomic E-state index is 12.3. The second kappa shape index (κ2) is 7.87. The van der Waals surface area contributed by atoms with E-state index in [-0.39, 0.29) is 12.5 Å². The first kappa shape index (κ1) is 16.4. The second-order valence-electron chi connectivity index (χ2n) is 4.73. The van der Waals surface area contributed by atoms with Gasteiger partial charge in [0, 0.05) is 5.02 Å². The summed E-state index contributed by atoms with van der Waals surface area (Å²) in [7, 11) is 0. The van der Waals surface area contributed by atoms with Gasteiger partial charge >= 0.3 is 0 Å². The normalized spacial score (nSPS) is 12.0. The summed E-state index contributed by atoms with van der Waals surface area (Å²) in [6, 6.07) is 8.19. The molecule has 22 heavy (non-hydrogen) atoms. The zero-order valence-electron chi connectivity index (χ0n) is 12.2. The molecule has 0 aliphatic rings. The average Bonchev–Trinajstić information content (AvgIpc) is 3.05. The molecule has 0 aliphatic carbocycles. The van der Waals surface area contributed by atoms with Gasteiger partial charge in [-0.2, -0.15) is 0 Å². The summed E-state index contributed by atoms with van der Waals surface area (Å²) in [6.45, 7) is 2.53. The van der Waals surface area contributed by atoms with Crippen molar-refractivity contribution in [3.8, 4) is 5.75 Å². The lowest BCUT2D eigenvalue weighted by Crippen LogP contribution is -2.28. The molecule has 1 atom stereocenters. The van der Waals surface area contributed by atoms with Crippen molar-refractivity contribution in [3.63, 3.8) is 0 Å². The van der Waals surface area contributed by atoms with Crippen LogP contribution in [0.3, 0.4) is 0 Å². The van der Waals surface area contributed by atoms with Crippen molar-refractivity contribution in [1.29, 1.82) is 0 Å². The SMILES string of the molecule is CCCOc1ccc(Cl)cc1C(=O)NCC(O)c1ccco1. The van der Waals surface area contributed by atoms with Crippen LogP contribution in [-0.2, 0) is 0 Å². The smallest absolute Gasteiger partial charge is 0.255 e. The lowest BCUT2D eigenvalue weighted by Gasteiger charge is -2.13. The van der Waals surface area contributed by atoms with Crippen LogP contribution in [0.25, 0.3) is 0 Å². The van der Waals surface area contributed by atoms with E-state index >= 15 is 0 Å². The molecule has 0 radical (unpaired) electrons. The van der Waals surface area contributed by atoms with E-state index in [0.29, 0.717) is 28.7 Å². The third-order valence-electron chi connectivity index (χ3n) is 2.98. The standard InChI is InChI=1S/C16H18ClNO4/c1-2-7-21-14-6-5-11(17)9-12(14)16(20)18-10-13(19)15-4-3-8-22-15/h3-6,8-9,13,19H,2,7,10H2,1H3,(H,18,20). The zero-order chi connectivity index (χ0) is 15.9. The predicted octanol–water partition coefficient (Wildman–Crippen LogP) is 3.19. The topological polar surface area (TPSA) is 71.7 Å². The minimum absolute atomic E-state index is 0.0338. The summed E-state index contributed by atoms with van der Waals surface area (Å²) in [5.41, 5.74) is 0.340. The molecule has 0 spiro atoms. The van der Waals surface area contributed by atoms with Crippen LogP contribution in [0, 0.1) is 0 Å². The lowest BCUT2D eigenvalue weighted by atomic mass is 10.1. The number of benzene rings is 1. The molecule has 0 saturated carbocycles. The van der Waals surface area contributed by atoms with Gasteiger partial charge in [-0.3, -0.25) is 4.79 Å². The van der Waals surface area contributed by atoms with Crippen molar-refractivity contribution >= 4 is 17.5 Å². The minimum Gasteiger partial charge on any atom is -0.493 e. The van der Waals surface area contributed by atoms with Crippen LogP contribution in [0.4, 0.5) is 0 Å².